The number of ether oxygens (including phenoxy) is 1. The lowest BCUT2D eigenvalue weighted by molar-refractivity contribution is 0.0526. The second-order valence-corrected chi connectivity index (χ2v) is 5.00. The molecule has 0 radical (unpaired) electrons. The van der Waals surface area contributed by atoms with Crippen molar-refractivity contribution in [3.8, 4) is 0 Å². The van der Waals surface area contributed by atoms with Crippen molar-refractivity contribution in [3.05, 3.63) is 35.7 Å². The first-order valence-electron chi connectivity index (χ1n) is 7.35. The highest BCUT2D eigenvalue weighted by atomic mass is 16.5. The number of nitrogen functional groups attached to an aromatic ring is 2. The van der Waals surface area contributed by atoms with Crippen LogP contribution in [0.5, 0.6) is 0 Å². The fourth-order valence-corrected chi connectivity index (χ4v) is 2.19. The molecule has 0 aliphatic carbocycles. The summed E-state index contributed by atoms with van der Waals surface area (Å²) in [5.74, 6) is 0.648. The number of aromatic nitrogens is 4. The molecule has 2 heterocycles. The van der Waals surface area contributed by atoms with Gasteiger partial charge < -0.3 is 26.5 Å². The van der Waals surface area contributed by atoms with Crippen LogP contribution in [0.1, 0.15) is 23.1 Å². The summed E-state index contributed by atoms with van der Waals surface area (Å²) >= 11 is 0. The van der Waals surface area contributed by atoms with Crippen LogP contribution < -0.4 is 16.8 Å². The van der Waals surface area contributed by atoms with Crippen LogP contribution in [-0.4, -0.2) is 32.5 Å². The number of aromatic amines is 1. The van der Waals surface area contributed by atoms with Gasteiger partial charge in [0.25, 0.3) is 0 Å². The van der Waals surface area contributed by atoms with Crippen LogP contribution in [0.3, 0.4) is 0 Å². The number of imidazole rings is 1. The number of nitrogens with two attached hydrogens (primary N) is 2. The number of esters is 1. The van der Waals surface area contributed by atoms with E-state index in [1.807, 2.05) is 0 Å². The number of nitrogens with zero attached hydrogens (tertiary/aromatic N) is 3. The predicted octanol–water partition coefficient (Wildman–Crippen LogP) is 1.31. The quantitative estimate of drug-likeness (QED) is 0.513. The molecule has 3 rings (SSSR count). The van der Waals surface area contributed by atoms with Gasteiger partial charge in [0, 0.05) is 5.69 Å². The molecule has 0 saturated heterocycles. The second kappa shape index (κ2) is 6.41. The maximum atomic E-state index is 11.6. The molecule has 0 spiro atoms. The molecule has 0 unspecified atom stereocenters. The monoisotopic (exact) mass is 327 g/mol. The average Bonchev–Trinajstić information content (AvgIpc) is 2.97. The Kier molecular flexibility index (Phi) is 4.15. The maximum Gasteiger partial charge on any atom is 0.338 e. The van der Waals surface area contributed by atoms with Gasteiger partial charge in [-0.3, -0.25) is 0 Å². The van der Waals surface area contributed by atoms with Gasteiger partial charge in [-0.25, -0.2) is 9.78 Å². The summed E-state index contributed by atoms with van der Waals surface area (Å²) in [6, 6.07) is 6.98. The van der Waals surface area contributed by atoms with Crippen molar-refractivity contribution in [2.24, 2.45) is 0 Å². The van der Waals surface area contributed by atoms with Gasteiger partial charge in [-0.05, 0) is 31.2 Å². The van der Waals surface area contributed by atoms with Gasteiger partial charge >= 0.3 is 5.97 Å². The number of hydrogen-bond donors (Lipinski definition) is 4. The highest BCUT2D eigenvalue weighted by molar-refractivity contribution is 5.89. The van der Waals surface area contributed by atoms with Crippen LogP contribution >= 0.6 is 0 Å². The summed E-state index contributed by atoms with van der Waals surface area (Å²) in [5, 5.41) is 3.19. The predicted molar refractivity (Wildman–Crippen MR) is 90.2 cm³/mol. The number of hydrogen-bond acceptors (Lipinski definition) is 8. The molecular formula is C15H17N7O2. The van der Waals surface area contributed by atoms with Gasteiger partial charge in [0.15, 0.2) is 11.5 Å². The molecule has 0 fully saturated rings. The molecule has 2 aromatic heterocycles. The minimum Gasteiger partial charge on any atom is -0.462 e. The Morgan fingerprint density at radius 1 is 1.21 bits per heavy atom. The lowest BCUT2D eigenvalue weighted by Crippen LogP contribution is -2.05. The molecule has 6 N–H and O–H groups in total. The van der Waals surface area contributed by atoms with E-state index in [4.69, 9.17) is 16.2 Å². The fourth-order valence-electron chi connectivity index (χ4n) is 2.19. The third-order valence-electron chi connectivity index (χ3n) is 3.30. The molecule has 1 aromatic carbocycles. The Bertz CT molecular complexity index is 873. The van der Waals surface area contributed by atoms with E-state index in [0.29, 0.717) is 35.7 Å². The van der Waals surface area contributed by atoms with Crippen LogP contribution in [0.25, 0.3) is 11.2 Å². The summed E-state index contributed by atoms with van der Waals surface area (Å²) in [7, 11) is 0. The van der Waals surface area contributed by atoms with E-state index in [9.17, 15) is 4.79 Å². The van der Waals surface area contributed by atoms with Gasteiger partial charge in [0.05, 0.1) is 18.7 Å². The number of rotatable bonds is 5. The summed E-state index contributed by atoms with van der Waals surface area (Å²) < 4.78 is 4.94. The standard InChI is InChI=1S/C15H17N7O2/c1-2-24-14(23)8-3-5-9(6-4-8)18-7-10-19-11-12(16)21-15(17)22-13(11)20-10/h3-6,18H,2,7H2,1H3,(H5,16,17,19,20,21,22). The van der Waals surface area contributed by atoms with Crippen molar-refractivity contribution >= 4 is 34.6 Å². The number of carbonyl (C=O) groups excluding carboxylic acids is 1. The number of nitrogens with one attached hydrogen (secondary N) is 2. The van der Waals surface area contributed by atoms with Crippen molar-refractivity contribution in [1.82, 2.24) is 19.9 Å². The Morgan fingerprint density at radius 3 is 2.67 bits per heavy atom. The molecule has 124 valence electrons. The van der Waals surface area contributed by atoms with Crippen LogP contribution in [0, 0.1) is 0 Å². The topological polar surface area (TPSA) is 145 Å². The zero-order valence-corrected chi connectivity index (χ0v) is 13.0. The normalized spacial score (nSPS) is 10.7. The van der Waals surface area contributed by atoms with E-state index in [2.05, 4.69) is 25.3 Å². The number of anilines is 3. The van der Waals surface area contributed by atoms with Gasteiger partial charge in [-0.2, -0.15) is 9.97 Å². The SMILES string of the molecule is CCOC(=O)c1ccc(NCc2nc3nc(N)nc(N)c3[nH]2)cc1. The minimum absolute atomic E-state index is 0.0839. The lowest BCUT2D eigenvalue weighted by Gasteiger charge is -2.06. The van der Waals surface area contributed by atoms with Gasteiger partial charge in [0.1, 0.15) is 11.3 Å². The molecule has 9 heteroatoms. The van der Waals surface area contributed by atoms with Crippen LogP contribution in [-0.2, 0) is 11.3 Å². The van der Waals surface area contributed by atoms with Crippen LogP contribution in [0.4, 0.5) is 17.5 Å². The van der Waals surface area contributed by atoms with Crippen molar-refractivity contribution in [2.45, 2.75) is 13.5 Å². The molecule has 3 aromatic rings. The molecule has 0 bridgehead atoms. The van der Waals surface area contributed by atoms with Crippen LogP contribution in [0.15, 0.2) is 24.3 Å². The van der Waals surface area contributed by atoms with E-state index in [1.165, 1.54) is 0 Å². The highest BCUT2D eigenvalue weighted by Gasteiger charge is 2.10. The first-order chi connectivity index (χ1) is 11.6. The molecule has 0 aliphatic heterocycles. The van der Waals surface area contributed by atoms with E-state index >= 15 is 0 Å². The highest BCUT2D eigenvalue weighted by Crippen LogP contribution is 2.17. The zero-order chi connectivity index (χ0) is 17.1. The van der Waals surface area contributed by atoms with E-state index < -0.39 is 0 Å². The van der Waals surface area contributed by atoms with Crippen LogP contribution in [0.2, 0.25) is 0 Å². The van der Waals surface area contributed by atoms with Crippen molar-refractivity contribution in [3.63, 3.8) is 0 Å². The molecule has 0 aliphatic rings. The Hall–Kier alpha value is -3.36. The molecule has 0 atom stereocenters. The van der Waals surface area contributed by atoms with E-state index in [1.54, 1.807) is 31.2 Å². The third kappa shape index (κ3) is 3.19. The molecule has 0 amide bonds. The molecule has 9 nitrogen and oxygen atoms in total. The summed E-state index contributed by atoms with van der Waals surface area (Å²) in [4.78, 5) is 26.9. The Labute approximate surface area is 137 Å². The van der Waals surface area contributed by atoms with E-state index in [0.717, 1.165) is 5.69 Å². The molecule has 24 heavy (non-hydrogen) atoms. The number of fused-ring (bicyclic) bond motifs is 1. The lowest BCUT2D eigenvalue weighted by atomic mass is 10.2. The first kappa shape index (κ1) is 15.5. The van der Waals surface area contributed by atoms with Crippen molar-refractivity contribution in [1.29, 1.82) is 0 Å². The zero-order valence-electron chi connectivity index (χ0n) is 13.0. The number of H-pyrrole nitrogens is 1. The number of benzene rings is 1. The van der Waals surface area contributed by atoms with Crippen molar-refractivity contribution < 1.29 is 9.53 Å². The fraction of sp³-hybridized carbons (Fsp3) is 0.200. The van der Waals surface area contributed by atoms with E-state index in [-0.39, 0.29) is 17.7 Å². The largest absolute Gasteiger partial charge is 0.462 e. The van der Waals surface area contributed by atoms with Gasteiger partial charge in [0.2, 0.25) is 5.95 Å². The molecular weight excluding hydrogens is 310 g/mol. The number of carbonyl (C=O) groups is 1. The van der Waals surface area contributed by atoms with Gasteiger partial charge in [-0.15, -0.1) is 0 Å². The minimum atomic E-state index is -0.340. The second-order valence-electron chi connectivity index (χ2n) is 5.00. The maximum absolute atomic E-state index is 11.6. The molecule has 0 saturated carbocycles. The third-order valence-corrected chi connectivity index (χ3v) is 3.30. The smallest absolute Gasteiger partial charge is 0.338 e. The summed E-state index contributed by atoms with van der Waals surface area (Å²) in [5.41, 5.74) is 13.6. The Morgan fingerprint density at radius 2 is 1.96 bits per heavy atom. The Balaban J connectivity index is 1.69. The summed E-state index contributed by atoms with van der Waals surface area (Å²) in [6.07, 6.45) is 0. The summed E-state index contributed by atoms with van der Waals surface area (Å²) in [6.45, 7) is 2.54. The van der Waals surface area contributed by atoms with Crippen molar-refractivity contribution in [2.75, 3.05) is 23.4 Å². The first-order valence-corrected chi connectivity index (χ1v) is 7.35. The van der Waals surface area contributed by atoms with Gasteiger partial charge in [-0.1, -0.05) is 0 Å². The average molecular weight is 327 g/mol.